The van der Waals surface area contributed by atoms with Gasteiger partial charge in [-0.3, -0.25) is 9.69 Å². The summed E-state index contributed by atoms with van der Waals surface area (Å²) in [5.41, 5.74) is 0.672. The van der Waals surface area contributed by atoms with Crippen molar-refractivity contribution in [3.8, 4) is 0 Å². The number of aromatic nitrogens is 2. The maximum Gasteiger partial charge on any atom is 0.252 e. The van der Waals surface area contributed by atoms with Gasteiger partial charge in [0, 0.05) is 35.9 Å². The van der Waals surface area contributed by atoms with Gasteiger partial charge in [-0.2, -0.15) is 0 Å². The minimum absolute atomic E-state index is 0.242. The normalized spacial score (nSPS) is 14.2. The first kappa shape index (κ1) is 21.2. The number of morpholine rings is 1. The summed E-state index contributed by atoms with van der Waals surface area (Å²) < 4.78 is 19.6. The quantitative estimate of drug-likeness (QED) is 0.494. The van der Waals surface area contributed by atoms with Crippen LogP contribution in [0.1, 0.15) is 15.2 Å². The number of thiazole rings is 1. The third kappa shape index (κ3) is 5.97. The van der Waals surface area contributed by atoms with Crippen molar-refractivity contribution in [1.29, 1.82) is 0 Å². The summed E-state index contributed by atoms with van der Waals surface area (Å²) in [5, 5.41) is 9.76. The number of ether oxygens (including phenoxy) is 1. The molecule has 3 N–H and O–H groups in total. The van der Waals surface area contributed by atoms with Gasteiger partial charge in [0.25, 0.3) is 5.91 Å². The van der Waals surface area contributed by atoms with Crippen LogP contribution in [-0.4, -0.2) is 53.7 Å². The van der Waals surface area contributed by atoms with Crippen LogP contribution in [0.2, 0.25) is 0 Å². The molecule has 0 aliphatic carbocycles. The zero-order chi connectivity index (χ0) is 21.5. The number of pyridine rings is 1. The number of amides is 1. The molecule has 1 aromatic carbocycles. The van der Waals surface area contributed by atoms with Crippen molar-refractivity contribution in [2.75, 3.05) is 43.6 Å². The number of anilines is 3. The highest BCUT2D eigenvalue weighted by molar-refractivity contribution is 7.15. The molecule has 3 aromatic rings. The van der Waals surface area contributed by atoms with E-state index in [9.17, 15) is 9.18 Å². The number of nitrogens with one attached hydrogen (secondary N) is 3. The SMILES string of the molecule is O=C(NCN1CCOCC1)c1ccc(F)c(NCc2cnc(Nc3ccccn3)s2)c1. The molecule has 0 unspecified atom stereocenters. The Hall–Kier alpha value is -3.08. The Balaban J connectivity index is 1.32. The van der Waals surface area contributed by atoms with Crippen molar-refractivity contribution in [2.24, 2.45) is 0 Å². The van der Waals surface area contributed by atoms with Gasteiger partial charge in [0.2, 0.25) is 0 Å². The lowest BCUT2D eigenvalue weighted by molar-refractivity contribution is 0.0334. The maximum absolute atomic E-state index is 14.3. The van der Waals surface area contributed by atoms with Gasteiger partial charge in [-0.25, -0.2) is 14.4 Å². The van der Waals surface area contributed by atoms with Gasteiger partial charge in [-0.05, 0) is 30.3 Å². The Labute approximate surface area is 183 Å². The van der Waals surface area contributed by atoms with E-state index in [4.69, 9.17) is 4.74 Å². The van der Waals surface area contributed by atoms with Crippen molar-refractivity contribution in [3.63, 3.8) is 0 Å². The number of carbonyl (C=O) groups is 1. The molecule has 2 aromatic heterocycles. The standard InChI is InChI=1S/C21H23FN6O2S/c22-17-5-4-15(20(29)26-14-28-7-9-30-10-8-28)11-18(17)24-12-16-13-25-21(31-16)27-19-3-1-2-6-23-19/h1-6,11,13,24H,7-10,12,14H2,(H,26,29)(H,23,25,27). The molecule has 0 saturated carbocycles. The van der Waals surface area contributed by atoms with Gasteiger partial charge in [0.15, 0.2) is 5.13 Å². The van der Waals surface area contributed by atoms with E-state index in [1.54, 1.807) is 12.4 Å². The van der Waals surface area contributed by atoms with E-state index in [1.165, 1.54) is 29.5 Å². The third-order valence-corrected chi connectivity index (χ3v) is 5.61. The number of hydrogen-bond donors (Lipinski definition) is 3. The van der Waals surface area contributed by atoms with E-state index >= 15 is 0 Å². The smallest absolute Gasteiger partial charge is 0.252 e. The Morgan fingerprint density at radius 2 is 2.06 bits per heavy atom. The largest absolute Gasteiger partial charge is 0.379 e. The van der Waals surface area contributed by atoms with Crippen LogP contribution in [0.15, 0.2) is 48.8 Å². The second kappa shape index (κ2) is 10.3. The lowest BCUT2D eigenvalue weighted by atomic mass is 10.1. The maximum atomic E-state index is 14.3. The second-order valence-electron chi connectivity index (χ2n) is 6.91. The van der Waals surface area contributed by atoms with Crippen LogP contribution < -0.4 is 16.0 Å². The van der Waals surface area contributed by atoms with Gasteiger partial charge in [0.05, 0.1) is 32.1 Å². The molecular weight excluding hydrogens is 419 g/mol. The molecule has 162 valence electrons. The molecular formula is C21H23FN6O2S. The molecule has 1 aliphatic rings. The predicted octanol–water partition coefficient (Wildman–Crippen LogP) is 3.05. The second-order valence-corrected chi connectivity index (χ2v) is 8.03. The van der Waals surface area contributed by atoms with Crippen molar-refractivity contribution in [3.05, 3.63) is 65.0 Å². The average molecular weight is 443 g/mol. The Bertz CT molecular complexity index is 1010. The van der Waals surface area contributed by atoms with E-state index in [2.05, 4.69) is 30.8 Å². The summed E-state index contributed by atoms with van der Waals surface area (Å²) >= 11 is 1.45. The fraction of sp³-hybridized carbons (Fsp3) is 0.286. The minimum atomic E-state index is -0.416. The van der Waals surface area contributed by atoms with Gasteiger partial charge in [-0.1, -0.05) is 17.4 Å². The monoisotopic (exact) mass is 442 g/mol. The zero-order valence-electron chi connectivity index (χ0n) is 16.8. The first-order chi connectivity index (χ1) is 15.2. The Morgan fingerprint density at radius 3 is 2.87 bits per heavy atom. The van der Waals surface area contributed by atoms with E-state index in [1.807, 2.05) is 18.2 Å². The number of halogens is 1. The molecule has 31 heavy (non-hydrogen) atoms. The lowest BCUT2D eigenvalue weighted by Crippen LogP contribution is -2.43. The van der Waals surface area contributed by atoms with Crippen LogP contribution in [0.25, 0.3) is 0 Å². The molecule has 1 aliphatic heterocycles. The highest BCUT2D eigenvalue weighted by atomic mass is 32.1. The molecule has 1 saturated heterocycles. The van der Waals surface area contributed by atoms with Gasteiger partial charge >= 0.3 is 0 Å². The van der Waals surface area contributed by atoms with Crippen molar-refractivity contribution < 1.29 is 13.9 Å². The zero-order valence-corrected chi connectivity index (χ0v) is 17.6. The highest BCUT2D eigenvalue weighted by Crippen LogP contribution is 2.23. The van der Waals surface area contributed by atoms with Crippen LogP contribution in [-0.2, 0) is 11.3 Å². The summed E-state index contributed by atoms with van der Waals surface area (Å²) in [6.07, 6.45) is 3.42. The van der Waals surface area contributed by atoms with Crippen molar-refractivity contribution >= 4 is 33.9 Å². The van der Waals surface area contributed by atoms with E-state index < -0.39 is 5.82 Å². The van der Waals surface area contributed by atoms with Crippen molar-refractivity contribution in [2.45, 2.75) is 6.54 Å². The molecule has 3 heterocycles. The summed E-state index contributed by atoms with van der Waals surface area (Å²) in [4.78, 5) is 24.0. The fourth-order valence-corrected chi connectivity index (χ4v) is 3.78. The van der Waals surface area contributed by atoms with Crippen LogP contribution in [0.4, 0.5) is 21.0 Å². The predicted molar refractivity (Wildman–Crippen MR) is 118 cm³/mol. The molecule has 4 rings (SSSR count). The minimum Gasteiger partial charge on any atom is -0.379 e. The summed E-state index contributed by atoms with van der Waals surface area (Å²) in [6, 6.07) is 9.89. The molecule has 0 radical (unpaired) electrons. The van der Waals surface area contributed by atoms with Gasteiger partial charge in [-0.15, -0.1) is 0 Å². The van der Waals surface area contributed by atoms with E-state index in [-0.39, 0.29) is 11.6 Å². The van der Waals surface area contributed by atoms with E-state index in [0.717, 1.165) is 18.0 Å². The highest BCUT2D eigenvalue weighted by Gasteiger charge is 2.14. The third-order valence-electron chi connectivity index (χ3n) is 4.70. The number of rotatable bonds is 8. The first-order valence-corrected chi connectivity index (χ1v) is 10.7. The number of nitrogens with zero attached hydrogens (tertiary/aromatic N) is 3. The van der Waals surface area contributed by atoms with Crippen molar-refractivity contribution in [1.82, 2.24) is 20.2 Å². The Kier molecular flexibility index (Phi) is 7.03. The molecule has 0 spiro atoms. The number of hydrogen-bond acceptors (Lipinski definition) is 8. The van der Waals surface area contributed by atoms with E-state index in [0.29, 0.717) is 42.9 Å². The summed E-state index contributed by atoms with van der Waals surface area (Å²) in [5.74, 6) is 0.0495. The molecule has 8 nitrogen and oxygen atoms in total. The molecule has 1 amide bonds. The van der Waals surface area contributed by atoms with Crippen LogP contribution in [0.5, 0.6) is 0 Å². The molecule has 0 bridgehead atoms. The van der Waals surface area contributed by atoms with Crippen LogP contribution >= 0.6 is 11.3 Å². The Morgan fingerprint density at radius 1 is 1.19 bits per heavy atom. The van der Waals surface area contributed by atoms with Crippen LogP contribution in [0, 0.1) is 5.82 Å². The topological polar surface area (TPSA) is 91.4 Å². The first-order valence-electron chi connectivity index (χ1n) is 9.92. The fourth-order valence-electron chi connectivity index (χ4n) is 3.02. The number of benzene rings is 1. The lowest BCUT2D eigenvalue weighted by Gasteiger charge is -2.26. The van der Waals surface area contributed by atoms with Gasteiger partial charge < -0.3 is 20.7 Å². The molecule has 10 heteroatoms. The summed E-state index contributed by atoms with van der Waals surface area (Å²) in [7, 11) is 0. The average Bonchev–Trinajstić information content (AvgIpc) is 3.25. The molecule has 0 atom stereocenters. The van der Waals surface area contributed by atoms with Gasteiger partial charge in [0.1, 0.15) is 11.6 Å². The summed E-state index contributed by atoms with van der Waals surface area (Å²) in [6.45, 7) is 3.71. The molecule has 1 fully saturated rings. The number of carbonyl (C=O) groups excluding carboxylic acids is 1. The van der Waals surface area contributed by atoms with Crippen LogP contribution in [0.3, 0.4) is 0 Å².